The van der Waals surface area contributed by atoms with Crippen LogP contribution in [0.5, 0.6) is 11.5 Å². The summed E-state index contributed by atoms with van der Waals surface area (Å²) in [5.41, 5.74) is 1.97. The lowest BCUT2D eigenvalue weighted by atomic mass is 9.98. The van der Waals surface area contributed by atoms with E-state index in [0.29, 0.717) is 23.7 Å². The van der Waals surface area contributed by atoms with Crippen molar-refractivity contribution in [1.82, 2.24) is 4.90 Å². The van der Waals surface area contributed by atoms with Crippen LogP contribution < -0.4 is 14.8 Å². The highest BCUT2D eigenvalue weighted by atomic mass is 32.1. The van der Waals surface area contributed by atoms with Crippen molar-refractivity contribution in [1.29, 1.82) is 0 Å². The first-order chi connectivity index (χ1) is 13.7. The number of hydrogen-bond acceptors (Lipinski definition) is 6. The number of nitrogens with zero attached hydrogens (tertiary/aromatic N) is 1. The van der Waals surface area contributed by atoms with Gasteiger partial charge in [0.2, 0.25) is 5.91 Å². The largest absolute Gasteiger partial charge is 0.497 e. The smallest absolute Gasteiger partial charge is 0.238 e. The second-order valence-corrected chi connectivity index (χ2v) is 8.53. The topological polar surface area (TPSA) is 50.8 Å². The third-order valence-electron chi connectivity index (χ3n) is 4.91. The van der Waals surface area contributed by atoms with Gasteiger partial charge in [0.05, 0.1) is 32.5 Å². The molecule has 0 saturated carbocycles. The maximum atomic E-state index is 12.8. The zero-order chi connectivity index (χ0) is 19.5. The average molecular weight is 415 g/mol. The molecule has 28 heavy (non-hydrogen) atoms. The van der Waals surface area contributed by atoms with Crippen molar-refractivity contribution < 1.29 is 14.3 Å². The summed E-state index contributed by atoms with van der Waals surface area (Å²) in [4.78, 5) is 17.8. The second-order valence-electron chi connectivity index (χ2n) is 6.55. The lowest BCUT2D eigenvalue weighted by molar-refractivity contribution is -0.117. The number of methoxy groups -OCH3 is 2. The summed E-state index contributed by atoms with van der Waals surface area (Å²) in [6, 6.07) is 11.9. The summed E-state index contributed by atoms with van der Waals surface area (Å²) in [5, 5.41) is 7.23. The van der Waals surface area contributed by atoms with Crippen LogP contribution in [0.25, 0.3) is 0 Å². The fourth-order valence-corrected chi connectivity index (χ4v) is 5.37. The fourth-order valence-electron chi connectivity index (χ4n) is 3.59. The molecule has 7 heteroatoms. The van der Waals surface area contributed by atoms with Crippen molar-refractivity contribution in [2.75, 3.05) is 32.6 Å². The molecular weight excluding hydrogens is 392 g/mol. The normalized spacial score (nSPS) is 16.4. The minimum atomic E-state index is -0.0521. The molecular formula is C21H22N2O3S2. The van der Waals surface area contributed by atoms with Crippen molar-refractivity contribution >= 4 is 34.3 Å². The summed E-state index contributed by atoms with van der Waals surface area (Å²) < 4.78 is 10.6. The molecule has 0 fully saturated rings. The quantitative estimate of drug-likeness (QED) is 0.649. The minimum absolute atomic E-state index is 0.0521. The molecule has 1 aromatic carbocycles. The van der Waals surface area contributed by atoms with Crippen LogP contribution in [-0.2, 0) is 11.2 Å². The monoisotopic (exact) mass is 414 g/mol. The molecule has 2 aromatic heterocycles. The van der Waals surface area contributed by atoms with Crippen molar-refractivity contribution in [3.05, 3.63) is 62.5 Å². The van der Waals surface area contributed by atoms with Gasteiger partial charge in [-0.3, -0.25) is 9.69 Å². The maximum absolute atomic E-state index is 12.8. The number of fused-ring (bicyclic) bond motifs is 1. The van der Waals surface area contributed by atoms with E-state index in [1.165, 1.54) is 15.3 Å². The van der Waals surface area contributed by atoms with Gasteiger partial charge in [-0.1, -0.05) is 6.07 Å². The van der Waals surface area contributed by atoms with Gasteiger partial charge in [-0.25, -0.2) is 0 Å². The van der Waals surface area contributed by atoms with Crippen molar-refractivity contribution in [2.24, 2.45) is 0 Å². The molecule has 4 rings (SSSR count). The molecule has 0 spiro atoms. The first kappa shape index (κ1) is 19.0. The van der Waals surface area contributed by atoms with Crippen LogP contribution in [0.15, 0.2) is 47.2 Å². The van der Waals surface area contributed by atoms with Gasteiger partial charge in [0.25, 0.3) is 0 Å². The van der Waals surface area contributed by atoms with E-state index >= 15 is 0 Å². The predicted molar refractivity (Wildman–Crippen MR) is 114 cm³/mol. The number of thiophene rings is 2. The first-order valence-corrected chi connectivity index (χ1v) is 10.8. The number of carbonyl (C=O) groups is 1. The molecule has 1 aliphatic heterocycles. The first-order valence-electron chi connectivity index (χ1n) is 9.05. The van der Waals surface area contributed by atoms with Gasteiger partial charge in [0, 0.05) is 22.4 Å². The Morgan fingerprint density at radius 1 is 1.18 bits per heavy atom. The molecule has 1 aliphatic rings. The van der Waals surface area contributed by atoms with Gasteiger partial charge in [-0.2, -0.15) is 0 Å². The lowest BCUT2D eigenvalue weighted by Gasteiger charge is -2.34. The highest BCUT2D eigenvalue weighted by Gasteiger charge is 2.31. The summed E-state index contributed by atoms with van der Waals surface area (Å²) in [6.07, 6.45) is 0.980. The van der Waals surface area contributed by atoms with E-state index in [9.17, 15) is 4.79 Å². The van der Waals surface area contributed by atoms with E-state index < -0.39 is 0 Å². The number of benzene rings is 1. The molecule has 1 N–H and O–H groups in total. The Kier molecular flexibility index (Phi) is 5.66. The van der Waals surface area contributed by atoms with E-state index in [2.05, 4.69) is 39.2 Å². The zero-order valence-corrected chi connectivity index (χ0v) is 17.4. The van der Waals surface area contributed by atoms with Crippen LogP contribution in [0.4, 0.5) is 5.69 Å². The molecule has 0 bridgehead atoms. The van der Waals surface area contributed by atoms with Crippen molar-refractivity contribution in [2.45, 2.75) is 12.5 Å². The predicted octanol–water partition coefficient (Wildman–Crippen LogP) is 4.41. The van der Waals surface area contributed by atoms with E-state index in [1.807, 2.05) is 17.4 Å². The number of rotatable bonds is 6. The third-order valence-corrected chi connectivity index (χ3v) is 6.83. The Morgan fingerprint density at radius 3 is 2.82 bits per heavy atom. The van der Waals surface area contributed by atoms with E-state index in [1.54, 1.807) is 37.7 Å². The van der Waals surface area contributed by atoms with Crippen LogP contribution in [0.1, 0.15) is 21.4 Å². The van der Waals surface area contributed by atoms with Gasteiger partial charge in [0.1, 0.15) is 11.5 Å². The fraction of sp³-hybridized carbons (Fsp3) is 0.286. The molecule has 1 amide bonds. The number of anilines is 1. The average Bonchev–Trinajstić information content (AvgIpc) is 3.40. The van der Waals surface area contributed by atoms with Crippen LogP contribution in [0.3, 0.4) is 0 Å². The summed E-state index contributed by atoms with van der Waals surface area (Å²) in [5.74, 6) is 1.22. The Hall–Kier alpha value is -2.35. The molecule has 0 unspecified atom stereocenters. The van der Waals surface area contributed by atoms with Crippen LogP contribution in [0.2, 0.25) is 0 Å². The van der Waals surface area contributed by atoms with Crippen LogP contribution in [-0.4, -0.2) is 38.1 Å². The van der Waals surface area contributed by atoms with E-state index in [0.717, 1.165) is 13.0 Å². The van der Waals surface area contributed by atoms with Gasteiger partial charge in [-0.15, -0.1) is 22.7 Å². The molecule has 0 radical (unpaired) electrons. The number of carbonyl (C=O) groups excluding carboxylic acids is 1. The number of nitrogens with one attached hydrogen (secondary N) is 1. The van der Waals surface area contributed by atoms with Gasteiger partial charge in [-0.05, 0) is 47.0 Å². The molecule has 1 atom stereocenters. The molecule has 3 aromatic rings. The van der Waals surface area contributed by atoms with Gasteiger partial charge < -0.3 is 14.8 Å². The summed E-state index contributed by atoms with van der Waals surface area (Å²) >= 11 is 3.55. The standard InChI is InChI=1S/C21H22N2O3S2/c1-25-14-5-6-16(17(12-14)26-2)22-20(24)13-23-9-7-18-15(8-11-28-18)21(23)19-4-3-10-27-19/h3-6,8,10-12,21H,7,9,13H2,1-2H3,(H,22,24)/t21-/m0/s1. The van der Waals surface area contributed by atoms with Crippen LogP contribution in [0, 0.1) is 0 Å². The van der Waals surface area contributed by atoms with Crippen molar-refractivity contribution in [3.8, 4) is 11.5 Å². The highest BCUT2D eigenvalue weighted by molar-refractivity contribution is 7.10. The number of amides is 1. The third kappa shape index (κ3) is 3.78. The lowest BCUT2D eigenvalue weighted by Crippen LogP contribution is -2.40. The van der Waals surface area contributed by atoms with E-state index in [4.69, 9.17) is 9.47 Å². The van der Waals surface area contributed by atoms with Gasteiger partial charge >= 0.3 is 0 Å². The molecule has 5 nitrogen and oxygen atoms in total. The Labute approximate surface area is 172 Å². The Bertz CT molecular complexity index is 952. The molecule has 0 aliphatic carbocycles. The number of hydrogen-bond donors (Lipinski definition) is 1. The Balaban J connectivity index is 1.53. The highest BCUT2D eigenvalue weighted by Crippen LogP contribution is 2.39. The molecule has 0 saturated heterocycles. The maximum Gasteiger partial charge on any atom is 0.238 e. The molecule has 3 heterocycles. The Morgan fingerprint density at radius 2 is 2.07 bits per heavy atom. The van der Waals surface area contributed by atoms with Crippen molar-refractivity contribution in [3.63, 3.8) is 0 Å². The van der Waals surface area contributed by atoms with E-state index in [-0.39, 0.29) is 11.9 Å². The minimum Gasteiger partial charge on any atom is -0.497 e. The number of ether oxygens (including phenoxy) is 2. The summed E-state index contributed by atoms with van der Waals surface area (Å²) in [7, 11) is 3.19. The SMILES string of the molecule is COc1ccc(NC(=O)CN2CCc3sccc3[C@H]2c2cccs2)c(OC)c1. The second kappa shape index (κ2) is 8.34. The van der Waals surface area contributed by atoms with Gasteiger partial charge in [0.15, 0.2) is 0 Å². The van der Waals surface area contributed by atoms with Crippen LogP contribution >= 0.6 is 22.7 Å². The summed E-state index contributed by atoms with van der Waals surface area (Å²) in [6.45, 7) is 1.19. The molecule has 146 valence electrons. The zero-order valence-electron chi connectivity index (χ0n) is 15.8.